The Hall–Kier alpha value is -1.44. The quantitative estimate of drug-likeness (QED) is 0.786. The van der Waals surface area contributed by atoms with Gasteiger partial charge in [0.25, 0.3) is 0 Å². The van der Waals surface area contributed by atoms with E-state index in [0.29, 0.717) is 32.4 Å². The fraction of sp³-hybridized carbons (Fsp3) is 0.611. The smallest absolute Gasteiger partial charge is 0.407 e. The minimum Gasteiger partial charge on any atom is -0.598 e. The van der Waals surface area contributed by atoms with Crippen molar-refractivity contribution in [3.05, 3.63) is 29.8 Å². The van der Waals surface area contributed by atoms with Crippen LogP contribution in [0, 0.1) is 0 Å². The predicted octanol–water partition coefficient (Wildman–Crippen LogP) is 3.07. The van der Waals surface area contributed by atoms with Crippen LogP contribution in [0.1, 0.15) is 51.6 Å². The molecule has 0 aliphatic carbocycles. The molecule has 25 heavy (non-hydrogen) atoms. The van der Waals surface area contributed by atoms with Crippen LogP contribution in [0.25, 0.3) is 0 Å². The highest BCUT2D eigenvalue weighted by atomic mass is 32.2. The fourth-order valence-corrected chi connectivity index (χ4v) is 4.26. The number of para-hydroxylation sites is 1. The van der Waals surface area contributed by atoms with Crippen molar-refractivity contribution < 1.29 is 19.2 Å². The molecular formula is C18H26N2O4S. The average molecular weight is 366 g/mol. The van der Waals surface area contributed by atoms with Gasteiger partial charge in [-0.25, -0.2) is 4.79 Å². The molecule has 0 unspecified atom stereocenters. The second-order valence-electron chi connectivity index (χ2n) is 7.85. The maximum absolute atomic E-state index is 12.6. The maximum atomic E-state index is 12.6. The number of rotatable bonds is 2. The highest BCUT2D eigenvalue weighted by Crippen LogP contribution is 2.44. The van der Waals surface area contributed by atoms with Crippen LogP contribution in [-0.4, -0.2) is 44.1 Å². The van der Waals surface area contributed by atoms with E-state index in [-0.39, 0.29) is 10.8 Å². The van der Waals surface area contributed by atoms with Crippen LogP contribution < -0.4 is 9.46 Å². The normalized spacial score (nSPS) is 23.7. The lowest BCUT2D eigenvalue weighted by Gasteiger charge is -2.46. The number of carboxylic acid groups (broad SMARTS) is 1. The first-order valence-electron chi connectivity index (χ1n) is 8.64. The first kappa shape index (κ1) is 18.4. The monoisotopic (exact) mass is 366 g/mol. The van der Waals surface area contributed by atoms with Crippen LogP contribution in [0.3, 0.4) is 0 Å². The first-order chi connectivity index (χ1) is 11.7. The number of ether oxygens (including phenoxy) is 1. The van der Waals surface area contributed by atoms with Gasteiger partial charge in [0.05, 0.1) is 6.04 Å². The molecule has 138 valence electrons. The lowest BCUT2D eigenvalue weighted by Crippen LogP contribution is -2.54. The molecule has 1 aromatic rings. The molecule has 6 nitrogen and oxygen atoms in total. The van der Waals surface area contributed by atoms with Crippen molar-refractivity contribution in [2.45, 2.75) is 56.4 Å². The molecule has 2 atom stereocenters. The first-order valence-corrected chi connectivity index (χ1v) is 9.79. The topological polar surface area (TPSA) is 84.9 Å². The van der Waals surface area contributed by atoms with Gasteiger partial charge in [-0.2, -0.15) is 0 Å². The highest BCUT2D eigenvalue weighted by Gasteiger charge is 2.45. The van der Waals surface area contributed by atoms with E-state index >= 15 is 0 Å². The maximum Gasteiger partial charge on any atom is 0.407 e. The van der Waals surface area contributed by atoms with Crippen LogP contribution in [0.5, 0.6) is 5.75 Å². The van der Waals surface area contributed by atoms with E-state index < -0.39 is 23.1 Å². The predicted molar refractivity (Wildman–Crippen MR) is 97.0 cm³/mol. The third kappa shape index (κ3) is 3.88. The number of piperidine rings is 1. The summed E-state index contributed by atoms with van der Waals surface area (Å²) in [5, 5.41) is 9.18. The summed E-state index contributed by atoms with van der Waals surface area (Å²) in [5.41, 5.74) is 0.617. The summed E-state index contributed by atoms with van der Waals surface area (Å²) in [7, 11) is 0. The zero-order chi connectivity index (χ0) is 18.2. The van der Waals surface area contributed by atoms with Gasteiger partial charge < -0.3 is 19.3 Å². The summed E-state index contributed by atoms with van der Waals surface area (Å²) in [6.07, 6.45) is 1.11. The Bertz CT molecular complexity index is 638. The summed E-state index contributed by atoms with van der Waals surface area (Å²) < 4.78 is 21.9. The summed E-state index contributed by atoms with van der Waals surface area (Å²) >= 11 is -1.19. The Kier molecular flexibility index (Phi) is 4.92. The molecule has 0 radical (unpaired) electrons. The van der Waals surface area contributed by atoms with E-state index in [1.54, 1.807) is 0 Å². The molecule has 2 aliphatic rings. The fourth-order valence-electron chi connectivity index (χ4n) is 3.44. The van der Waals surface area contributed by atoms with E-state index in [1.807, 2.05) is 45.0 Å². The Labute approximate surface area is 151 Å². The van der Waals surface area contributed by atoms with Gasteiger partial charge in [0.1, 0.15) is 16.1 Å². The van der Waals surface area contributed by atoms with Crippen LogP contribution >= 0.6 is 0 Å². The van der Waals surface area contributed by atoms with E-state index in [2.05, 4.69) is 4.72 Å². The van der Waals surface area contributed by atoms with Crippen LogP contribution in [0.4, 0.5) is 4.79 Å². The van der Waals surface area contributed by atoms with Gasteiger partial charge in [0, 0.05) is 49.3 Å². The number of hydrogen-bond acceptors (Lipinski definition) is 4. The van der Waals surface area contributed by atoms with Gasteiger partial charge in [-0.1, -0.05) is 18.2 Å². The number of fused-ring (bicyclic) bond motifs is 1. The molecule has 1 spiro atoms. The SMILES string of the molecule is CC(C)(C)[S@+]([O-])N[C@H]1CC2(CCN(C(=O)O)CC2)Oc2ccccc21. The highest BCUT2D eigenvalue weighted by molar-refractivity contribution is 7.90. The number of nitrogens with zero attached hydrogens (tertiary/aromatic N) is 1. The molecule has 1 aromatic carbocycles. The number of nitrogens with one attached hydrogen (secondary N) is 1. The Morgan fingerprint density at radius 2 is 2.00 bits per heavy atom. The van der Waals surface area contributed by atoms with Gasteiger partial charge in [-0.05, 0) is 26.8 Å². The standard InChI is InChI=1S/C18H26N2O4S/c1-17(2,3)25(23)19-14-12-18(8-10-20(11-9-18)16(21)22)24-15-7-5-4-6-13(14)15/h4-7,14,19H,8-12H2,1-3H3,(H,21,22)/t14-,25-/m0/s1. The van der Waals surface area contributed by atoms with Crippen LogP contribution in [-0.2, 0) is 11.4 Å². The molecule has 0 saturated carbocycles. The van der Waals surface area contributed by atoms with Crippen molar-refractivity contribution in [3.63, 3.8) is 0 Å². The van der Waals surface area contributed by atoms with Crippen molar-refractivity contribution >= 4 is 17.5 Å². The number of carbonyl (C=O) groups is 1. The summed E-state index contributed by atoms with van der Waals surface area (Å²) in [6.45, 7) is 6.77. The van der Waals surface area contributed by atoms with Crippen molar-refractivity contribution in [1.29, 1.82) is 0 Å². The zero-order valence-corrected chi connectivity index (χ0v) is 15.8. The van der Waals surface area contributed by atoms with E-state index in [0.717, 1.165) is 11.3 Å². The molecule has 1 fully saturated rings. The number of likely N-dealkylation sites (tertiary alicyclic amines) is 1. The van der Waals surface area contributed by atoms with Crippen LogP contribution in [0.15, 0.2) is 24.3 Å². The zero-order valence-electron chi connectivity index (χ0n) is 14.9. The molecule has 2 heterocycles. The minimum atomic E-state index is -1.19. The van der Waals surface area contributed by atoms with E-state index in [4.69, 9.17) is 4.74 Å². The molecule has 0 aromatic heterocycles. The molecule has 1 amide bonds. The van der Waals surface area contributed by atoms with Crippen molar-refractivity contribution in [3.8, 4) is 5.75 Å². The second kappa shape index (κ2) is 6.70. The lowest BCUT2D eigenvalue weighted by atomic mass is 9.81. The Balaban J connectivity index is 1.82. The lowest BCUT2D eigenvalue weighted by molar-refractivity contribution is -0.0190. The van der Waals surface area contributed by atoms with Crippen molar-refractivity contribution in [1.82, 2.24) is 9.62 Å². The number of amides is 1. The summed E-state index contributed by atoms with van der Waals surface area (Å²) in [6, 6.07) is 7.77. The molecule has 3 rings (SSSR count). The largest absolute Gasteiger partial charge is 0.598 e. The molecule has 2 aliphatic heterocycles. The molecule has 7 heteroatoms. The molecule has 0 bridgehead atoms. The summed E-state index contributed by atoms with van der Waals surface area (Å²) in [4.78, 5) is 12.6. The Morgan fingerprint density at radius 3 is 2.60 bits per heavy atom. The van der Waals surface area contributed by atoms with Crippen molar-refractivity contribution in [2.24, 2.45) is 0 Å². The summed E-state index contributed by atoms with van der Waals surface area (Å²) in [5.74, 6) is 0.806. The van der Waals surface area contributed by atoms with E-state index in [9.17, 15) is 14.5 Å². The van der Waals surface area contributed by atoms with Gasteiger partial charge in [0.2, 0.25) is 0 Å². The minimum absolute atomic E-state index is 0.0682. The molecule has 1 saturated heterocycles. The van der Waals surface area contributed by atoms with Gasteiger partial charge in [0.15, 0.2) is 0 Å². The third-order valence-electron chi connectivity index (χ3n) is 4.95. The molecular weight excluding hydrogens is 340 g/mol. The van der Waals surface area contributed by atoms with Crippen molar-refractivity contribution in [2.75, 3.05) is 13.1 Å². The van der Waals surface area contributed by atoms with Gasteiger partial charge in [-0.15, -0.1) is 4.72 Å². The van der Waals surface area contributed by atoms with Gasteiger partial charge in [-0.3, -0.25) is 0 Å². The number of benzene rings is 1. The van der Waals surface area contributed by atoms with Gasteiger partial charge >= 0.3 is 6.09 Å². The third-order valence-corrected chi connectivity index (χ3v) is 6.56. The molecule has 2 N–H and O–H groups in total. The second-order valence-corrected chi connectivity index (χ2v) is 9.85. The van der Waals surface area contributed by atoms with Crippen LogP contribution in [0.2, 0.25) is 0 Å². The average Bonchev–Trinajstić information content (AvgIpc) is 2.54. The Morgan fingerprint density at radius 1 is 1.36 bits per heavy atom. The van der Waals surface area contributed by atoms with E-state index in [1.165, 1.54) is 4.90 Å². The number of hydrogen-bond donors (Lipinski definition) is 2.